The van der Waals surface area contributed by atoms with Crippen LogP contribution in [0.2, 0.25) is 0 Å². The van der Waals surface area contributed by atoms with Gasteiger partial charge in [0, 0.05) is 38.4 Å². The fraction of sp³-hybridized carbons (Fsp3) is 0.526. The number of furan rings is 1. The molecule has 164 valence electrons. The molecule has 11 heteroatoms. The molecule has 0 aromatic carbocycles. The normalized spacial score (nSPS) is 15.3. The number of nitrogens with one attached hydrogen (secondary N) is 1. The van der Waals surface area contributed by atoms with Crippen molar-refractivity contribution in [1.82, 2.24) is 20.2 Å². The Hall–Kier alpha value is -2.11. The van der Waals surface area contributed by atoms with Crippen molar-refractivity contribution >= 4 is 17.7 Å². The van der Waals surface area contributed by atoms with E-state index >= 15 is 0 Å². The van der Waals surface area contributed by atoms with Crippen LogP contribution in [0.4, 0.5) is 13.2 Å². The number of hydrogen-bond acceptors (Lipinski definition) is 7. The van der Waals surface area contributed by atoms with Gasteiger partial charge in [0.2, 0.25) is 5.91 Å². The van der Waals surface area contributed by atoms with Crippen molar-refractivity contribution in [2.24, 2.45) is 0 Å². The van der Waals surface area contributed by atoms with Gasteiger partial charge in [-0.15, -0.1) is 0 Å². The van der Waals surface area contributed by atoms with Crippen LogP contribution < -0.4 is 5.32 Å². The minimum atomic E-state index is -4.58. The SMILES string of the molecule is O=C(CCCSc1nc(-c2ccco2)cc(C(F)(F)F)n1)NCCN1CCOCC1. The van der Waals surface area contributed by atoms with Crippen molar-refractivity contribution in [2.75, 3.05) is 45.1 Å². The van der Waals surface area contributed by atoms with Gasteiger partial charge >= 0.3 is 6.18 Å². The van der Waals surface area contributed by atoms with Crippen LogP contribution in [0.3, 0.4) is 0 Å². The lowest BCUT2D eigenvalue weighted by molar-refractivity contribution is -0.141. The largest absolute Gasteiger partial charge is 0.463 e. The van der Waals surface area contributed by atoms with Crippen LogP contribution in [0.15, 0.2) is 34.0 Å². The predicted molar refractivity (Wildman–Crippen MR) is 105 cm³/mol. The van der Waals surface area contributed by atoms with Crippen LogP contribution in [-0.4, -0.2) is 65.9 Å². The first-order chi connectivity index (χ1) is 14.4. The molecule has 3 rings (SSSR count). The molecule has 0 spiro atoms. The van der Waals surface area contributed by atoms with E-state index in [1.54, 1.807) is 6.07 Å². The number of aromatic nitrogens is 2. The Morgan fingerprint density at radius 2 is 2.07 bits per heavy atom. The van der Waals surface area contributed by atoms with Gasteiger partial charge in [-0.1, -0.05) is 11.8 Å². The zero-order valence-corrected chi connectivity index (χ0v) is 17.1. The van der Waals surface area contributed by atoms with E-state index in [1.807, 2.05) is 0 Å². The highest BCUT2D eigenvalue weighted by Gasteiger charge is 2.34. The predicted octanol–water partition coefficient (Wildman–Crippen LogP) is 3.08. The second-order valence-corrected chi connectivity index (χ2v) is 7.71. The van der Waals surface area contributed by atoms with Crippen molar-refractivity contribution in [1.29, 1.82) is 0 Å². The number of carbonyl (C=O) groups excluding carboxylic acids is 1. The monoisotopic (exact) mass is 444 g/mol. The number of halogens is 3. The third-order valence-corrected chi connectivity index (χ3v) is 5.34. The smallest absolute Gasteiger partial charge is 0.433 e. The first-order valence-electron chi connectivity index (χ1n) is 9.61. The molecule has 1 aliphatic heterocycles. The fourth-order valence-corrected chi connectivity index (χ4v) is 3.65. The van der Waals surface area contributed by atoms with Gasteiger partial charge in [-0.3, -0.25) is 9.69 Å². The zero-order valence-electron chi connectivity index (χ0n) is 16.3. The molecule has 2 aromatic rings. The number of alkyl halides is 3. The zero-order chi connectivity index (χ0) is 21.4. The number of morpholine rings is 1. The van der Waals surface area contributed by atoms with E-state index in [2.05, 4.69) is 20.2 Å². The van der Waals surface area contributed by atoms with E-state index in [-0.39, 0.29) is 22.5 Å². The van der Waals surface area contributed by atoms with Gasteiger partial charge in [0.05, 0.1) is 19.5 Å². The number of rotatable bonds is 9. The maximum atomic E-state index is 13.1. The van der Waals surface area contributed by atoms with Crippen LogP contribution in [0.5, 0.6) is 0 Å². The molecule has 1 saturated heterocycles. The van der Waals surface area contributed by atoms with Gasteiger partial charge in [-0.2, -0.15) is 13.2 Å². The van der Waals surface area contributed by atoms with Crippen LogP contribution in [0.25, 0.3) is 11.5 Å². The van der Waals surface area contributed by atoms with Crippen molar-refractivity contribution in [3.8, 4) is 11.5 Å². The number of thioether (sulfide) groups is 1. The molecule has 0 radical (unpaired) electrons. The summed E-state index contributed by atoms with van der Waals surface area (Å²) in [5, 5.41) is 2.87. The van der Waals surface area contributed by atoms with Gasteiger partial charge in [0.25, 0.3) is 0 Å². The maximum absolute atomic E-state index is 13.1. The Bertz CT molecular complexity index is 812. The molecular weight excluding hydrogens is 421 g/mol. The van der Waals surface area contributed by atoms with Crippen molar-refractivity contribution in [3.05, 3.63) is 30.2 Å². The Morgan fingerprint density at radius 1 is 1.27 bits per heavy atom. The summed E-state index contributed by atoms with van der Waals surface area (Å²) < 4.78 is 49.9. The standard InChI is InChI=1S/C19H23F3N4O3S/c20-19(21,22)16-13-14(15-3-1-9-29-15)24-18(25-16)30-12-2-4-17(27)23-5-6-26-7-10-28-11-8-26/h1,3,9,13H,2,4-8,10-12H2,(H,23,27). The number of amides is 1. The van der Waals surface area contributed by atoms with E-state index in [9.17, 15) is 18.0 Å². The minimum absolute atomic E-state index is 0.00366. The van der Waals surface area contributed by atoms with Crippen molar-refractivity contribution in [3.63, 3.8) is 0 Å². The van der Waals surface area contributed by atoms with Gasteiger partial charge < -0.3 is 14.5 Å². The lowest BCUT2D eigenvalue weighted by Gasteiger charge is -2.26. The second-order valence-electron chi connectivity index (χ2n) is 6.65. The summed E-state index contributed by atoms with van der Waals surface area (Å²) in [5.74, 6) is 0.588. The Balaban J connectivity index is 1.44. The molecule has 1 N–H and O–H groups in total. The van der Waals surface area contributed by atoms with E-state index < -0.39 is 11.9 Å². The Kier molecular flexibility index (Phi) is 8.11. The Morgan fingerprint density at radius 3 is 2.77 bits per heavy atom. The first kappa shape index (κ1) is 22.6. The molecule has 3 heterocycles. The average molecular weight is 444 g/mol. The molecule has 0 unspecified atom stereocenters. The van der Waals surface area contributed by atoms with Crippen LogP contribution in [0, 0.1) is 0 Å². The number of hydrogen-bond donors (Lipinski definition) is 1. The number of nitrogens with zero attached hydrogens (tertiary/aromatic N) is 3. The molecule has 1 amide bonds. The number of ether oxygens (including phenoxy) is 1. The minimum Gasteiger partial charge on any atom is -0.463 e. The second kappa shape index (κ2) is 10.8. The molecule has 0 bridgehead atoms. The summed E-state index contributed by atoms with van der Waals surface area (Å²) >= 11 is 1.08. The third-order valence-electron chi connectivity index (χ3n) is 4.40. The summed E-state index contributed by atoms with van der Waals surface area (Å²) in [5.41, 5.74) is -0.946. The fourth-order valence-electron chi connectivity index (χ4n) is 2.85. The third kappa shape index (κ3) is 6.99. The Labute approximate surface area is 176 Å². The summed E-state index contributed by atoms with van der Waals surface area (Å²) in [6.07, 6.45) is -2.42. The molecule has 0 aliphatic carbocycles. The van der Waals surface area contributed by atoms with Gasteiger partial charge in [-0.25, -0.2) is 9.97 Å². The number of carbonyl (C=O) groups is 1. The lowest BCUT2D eigenvalue weighted by Crippen LogP contribution is -2.41. The molecule has 2 aromatic heterocycles. The molecule has 0 atom stereocenters. The molecule has 1 fully saturated rings. The molecule has 7 nitrogen and oxygen atoms in total. The van der Waals surface area contributed by atoms with Gasteiger partial charge in [-0.05, 0) is 24.6 Å². The van der Waals surface area contributed by atoms with E-state index in [1.165, 1.54) is 12.3 Å². The summed E-state index contributed by atoms with van der Waals surface area (Å²) in [6.45, 7) is 4.49. The van der Waals surface area contributed by atoms with E-state index in [0.29, 0.717) is 38.4 Å². The molecule has 0 saturated carbocycles. The topological polar surface area (TPSA) is 80.5 Å². The van der Waals surface area contributed by atoms with Crippen LogP contribution >= 0.6 is 11.8 Å². The highest BCUT2D eigenvalue weighted by Crippen LogP contribution is 2.32. The van der Waals surface area contributed by atoms with Crippen molar-refractivity contribution in [2.45, 2.75) is 24.2 Å². The van der Waals surface area contributed by atoms with Crippen LogP contribution in [-0.2, 0) is 15.7 Å². The summed E-state index contributed by atoms with van der Waals surface area (Å²) in [4.78, 5) is 21.9. The summed E-state index contributed by atoms with van der Waals surface area (Å²) in [6, 6.07) is 3.98. The lowest BCUT2D eigenvalue weighted by atomic mass is 10.2. The van der Waals surface area contributed by atoms with Gasteiger partial charge in [0.1, 0.15) is 11.4 Å². The van der Waals surface area contributed by atoms with Crippen molar-refractivity contribution < 1.29 is 27.1 Å². The van der Waals surface area contributed by atoms with Gasteiger partial charge in [0.15, 0.2) is 10.9 Å². The summed E-state index contributed by atoms with van der Waals surface area (Å²) in [7, 11) is 0. The average Bonchev–Trinajstić information content (AvgIpc) is 3.26. The maximum Gasteiger partial charge on any atom is 0.433 e. The molecule has 1 aliphatic rings. The quantitative estimate of drug-likeness (QED) is 0.362. The van der Waals surface area contributed by atoms with Crippen LogP contribution in [0.1, 0.15) is 18.5 Å². The van der Waals surface area contributed by atoms with E-state index in [0.717, 1.165) is 37.5 Å². The van der Waals surface area contributed by atoms with E-state index in [4.69, 9.17) is 9.15 Å². The molecule has 30 heavy (non-hydrogen) atoms. The highest BCUT2D eigenvalue weighted by atomic mass is 32.2. The molecular formula is C19H23F3N4O3S. The highest BCUT2D eigenvalue weighted by molar-refractivity contribution is 7.99. The first-order valence-corrected chi connectivity index (χ1v) is 10.6.